The Morgan fingerprint density at radius 2 is 1.83 bits per heavy atom. The highest BCUT2D eigenvalue weighted by molar-refractivity contribution is 5.90. The number of ether oxygens (including phenoxy) is 1. The molecular formula is C16H25N5O3. The van der Waals surface area contributed by atoms with Crippen LogP contribution in [0.3, 0.4) is 0 Å². The lowest BCUT2D eigenvalue weighted by atomic mass is 9.93. The first-order valence-electron chi connectivity index (χ1n) is 8.10. The van der Waals surface area contributed by atoms with Crippen LogP contribution in [0.25, 0.3) is 0 Å². The van der Waals surface area contributed by atoms with E-state index in [1.54, 1.807) is 0 Å². The van der Waals surface area contributed by atoms with Gasteiger partial charge in [-0.1, -0.05) is 0 Å². The number of carbonyl (C=O) groups is 2. The van der Waals surface area contributed by atoms with E-state index in [1.165, 1.54) is 12.4 Å². The molecule has 4 N–H and O–H groups in total. The molecule has 2 amide bonds. The van der Waals surface area contributed by atoms with E-state index >= 15 is 0 Å². The van der Waals surface area contributed by atoms with Crippen LogP contribution in [0.4, 0.5) is 10.6 Å². The second kappa shape index (κ2) is 7.46. The average Bonchev–Trinajstić information content (AvgIpc) is 2.48. The summed E-state index contributed by atoms with van der Waals surface area (Å²) in [5.74, 6) is 0.00934. The topological polar surface area (TPSA) is 119 Å². The lowest BCUT2D eigenvalue weighted by Crippen LogP contribution is -2.43. The predicted octanol–water partition coefficient (Wildman–Crippen LogP) is 1.82. The molecule has 1 saturated carbocycles. The molecule has 8 nitrogen and oxygen atoms in total. The fourth-order valence-corrected chi connectivity index (χ4v) is 2.55. The van der Waals surface area contributed by atoms with Crippen molar-refractivity contribution in [1.82, 2.24) is 15.3 Å². The number of nitrogens with one attached hydrogen (secondary N) is 2. The second-order valence-electron chi connectivity index (χ2n) is 7.05. The van der Waals surface area contributed by atoms with E-state index in [2.05, 4.69) is 20.6 Å². The van der Waals surface area contributed by atoms with Gasteiger partial charge in [-0.15, -0.1) is 0 Å². The van der Waals surface area contributed by atoms with Crippen LogP contribution in [-0.4, -0.2) is 39.7 Å². The molecule has 0 aliphatic heterocycles. The summed E-state index contributed by atoms with van der Waals surface area (Å²) in [6.45, 7) is 5.75. The fraction of sp³-hybridized carbons (Fsp3) is 0.625. The van der Waals surface area contributed by atoms with Crippen molar-refractivity contribution in [2.45, 2.75) is 64.1 Å². The van der Waals surface area contributed by atoms with E-state index < -0.39 is 5.91 Å². The van der Waals surface area contributed by atoms with Crippen LogP contribution in [0.2, 0.25) is 0 Å². The number of anilines is 1. The van der Waals surface area contributed by atoms with E-state index in [0.29, 0.717) is 5.82 Å². The van der Waals surface area contributed by atoms with E-state index in [4.69, 9.17) is 10.5 Å². The molecule has 1 aliphatic carbocycles. The summed E-state index contributed by atoms with van der Waals surface area (Å²) in [5, 5.41) is 6.08. The zero-order chi connectivity index (χ0) is 17.7. The first-order valence-corrected chi connectivity index (χ1v) is 8.10. The minimum Gasteiger partial charge on any atom is -0.446 e. The van der Waals surface area contributed by atoms with E-state index in [1.807, 2.05) is 20.8 Å². The maximum Gasteiger partial charge on any atom is 0.407 e. The van der Waals surface area contributed by atoms with Gasteiger partial charge in [0.25, 0.3) is 5.91 Å². The smallest absolute Gasteiger partial charge is 0.407 e. The van der Waals surface area contributed by atoms with Crippen molar-refractivity contribution in [3.63, 3.8) is 0 Å². The highest BCUT2D eigenvalue weighted by atomic mass is 16.6. The first kappa shape index (κ1) is 18.0. The Balaban J connectivity index is 1.76. The zero-order valence-electron chi connectivity index (χ0n) is 14.3. The number of nitrogens with two attached hydrogens (primary N) is 1. The maximum atomic E-state index is 11.8. The molecule has 0 saturated heterocycles. The normalized spacial score (nSPS) is 21.0. The fourth-order valence-electron chi connectivity index (χ4n) is 2.55. The Hall–Kier alpha value is -2.38. The van der Waals surface area contributed by atoms with Crippen molar-refractivity contribution in [2.75, 3.05) is 5.32 Å². The van der Waals surface area contributed by atoms with Gasteiger partial charge in [-0.2, -0.15) is 0 Å². The molecule has 1 aromatic rings. The number of hydrogen-bond donors (Lipinski definition) is 3. The lowest BCUT2D eigenvalue weighted by molar-refractivity contribution is 0.0682. The number of primary amides is 1. The van der Waals surface area contributed by atoms with Crippen molar-refractivity contribution >= 4 is 17.8 Å². The molecule has 2 rings (SSSR count). The molecule has 0 atom stereocenters. The van der Waals surface area contributed by atoms with Crippen molar-refractivity contribution in [2.24, 2.45) is 5.73 Å². The van der Waals surface area contributed by atoms with Gasteiger partial charge in [-0.25, -0.2) is 14.8 Å². The molecule has 0 aromatic carbocycles. The summed E-state index contributed by atoms with van der Waals surface area (Å²) in [6.07, 6.45) is 5.75. The standard InChI is InChI=1S/C16H25N5O3/c1-16(2,3)21-15(23)24-11-6-4-10(5-7-11)20-13-9-18-12(8-19-13)14(17)22/h8-11H,4-7H2,1-3H3,(H2,17,22)(H,19,20)(H,21,23). The zero-order valence-corrected chi connectivity index (χ0v) is 14.3. The second-order valence-corrected chi connectivity index (χ2v) is 7.05. The van der Waals surface area contributed by atoms with Gasteiger partial charge in [-0.05, 0) is 46.5 Å². The van der Waals surface area contributed by atoms with Gasteiger partial charge < -0.3 is 21.1 Å². The van der Waals surface area contributed by atoms with Crippen LogP contribution in [0.5, 0.6) is 0 Å². The molecule has 1 aromatic heterocycles. The Bertz CT molecular complexity index is 574. The number of nitrogens with zero attached hydrogens (tertiary/aromatic N) is 2. The molecule has 1 fully saturated rings. The monoisotopic (exact) mass is 335 g/mol. The van der Waals surface area contributed by atoms with Gasteiger partial charge in [0.05, 0.1) is 12.4 Å². The van der Waals surface area contributed by atoms with Gasteiger partial charge >= 0.3 is 6.09 Å². The highest BCUT2D eigenvalue weighted by Crippen LogP contribution is 2.23. The summed E-state index contributed by atoms with van der Waals surface area (Å²) in [5.41, 5.74) is 4.97. The number of rotatable bonds is 4. The van der Waals surface area contributed by atoms with Crippen LogP contribution >= 0.6 is 0 Å². The Morgan fingerprint density at radius 3 is 2.33 bits per heavy atom. The molecule has 1 heterocycles. The molecule has 132 valence electrons. The summed E-state index contributed by atoms with van der Waals surface area (Å²) in [7, 11) is 0. The quantitative estimate of drug-likeness (QED) is 0.772. The van der Waals surface area contributed by atoms with Crippen molar-refractivity contribution in [3.8, 4) is 0 Å². The van der Waals surface area contributed by atoms with Crippen molar-refractivity contribution < 1.29 is 14.3 Å². The van der Waals surface area contributed by atoms with Crippen LogP contribution in [0, 0.1) is 0 Å². The first-order chi connectivity index (χ1) is 11.2. The minimum absolute atomic E-state index is 0.0614. The molecule has 0 radical (unpaired) electrons. The third-order valence-electron chi connectivity index (χ3n) is 3.68. The molecule has 0 spiro atoms. The Morgan fingerprint density at radius 1 is 1.17 bits per heavy atom. The van der Waals surface area contributed by atoms with Gasteiger partial charge in [0.15, 0.2) is 0 Å². The Labute approximate surface area is 141 Å². The molecule has 1 aliphatic rings. The SMILES string of the molecule is CC(C)(C)NC(=O)OC1CCC(Nc2cnc(C(N)=O)cn2)CC1. The number of carbonyl (C=O) groups excluding carboxylic acids is 2. The third kappa shape index (κ3) is 5.68. The van der Waals surface area contributed by atoms with Gasteiger partial charge in [0.1, 0.15) is 17.6 Å². The third-order valence-corrected chi connectivity index (χ3v) is 3.68. The van der Waals surface area contributed by atoms with E-state index in [0.717, 1.165) is 25.7 Å². The predicted molar refractivity (Wildman–Crippen MR) is 89.6 cm³/mol. The molecule has 24 heavy (non-hydrogen) atoms. The number of hydrogen-bond acceptors (Lipinski definition) is 6. The molecular weight excluding hydrogens is 310 g/mol. The van der Waals surface area contributed by atoms with Gasteiger partial charge in [0.2, 0.25) is 0 Å². The summed E-state index contributed by atoms with van der Waals surface area (Å²) in [6, 6.07) is 0.240. The average molecular weight is 335 g/mol. The summed E-state index contributed by atoms with van der Waals surface area (Å²) in [4.78, 5) is 30.8. The van der Waals surface area contributed by atoms with Crippen LogP contribution in [-0.2, 0) is 4.74 Å². The van der Waals surface area contributed by atoms with E-state index in [9.17, 15) is 9.59 Å². The van der Waals surface area contributed by atoms with Crippen LogP contribution in [0.1, 0.15) is 56.9 Å². The lowest BCUT2D eigenvalue weighted by Gasteiger charge is -2.30. The Kier molecular flexibility index (Phi) is 5.58. The summed E-state index contributed by atoms with van der Waals surface area (Å²) >= 11 is 0. The molecule has 0 unspecified atom stereocenters. The van der Waals surface area contributed by atoms with Crippen molar-refractivity contribution in [1.29, 1.82) is 0 Å². The van der Waals surface area contributed by atoms with Crippen molar-refractivity contribution in [3.05, 3.63) is 18.1 Å². The van der Waals surface area contributed by atoms with E-state index in [-0.39, 0.29) is 29.5 Å². The summed E-state index contributed by atoms with van der Waals surface area (Å²) < 4.78 is 5.45. The number of amides is 2. The highest BCUT2D eigenvalue weighted by Gasteiger charge is 2.25. The minimum atomic E-state index is -0.597. The van der Waals surface area contributed by atoms with Gasteiger partial charge in [-0.3, -0.25) is 4.79 Å². The number of aromatic nitrogens is 2. The van der Waals surface area contributed by atoms with Crippen LogP contribution in [0.15, 0.2) is 12.4 Å². The van der Waals surface area contributed by atoms with Crippen LogP contribution < -0.4 is 16.4 Å². The molecule has 0 bridgehead atoms. The van der Waals surface area contributed by atoms with Gasteiger partial charge in [0, 0.05) is 11.6 Å². The maximum absolute atomic E-state index is 11.8. The largest absolute Gasteiger partial charge is 0.446 e. The number of alkyl carbamates (subject to hydrolysis) is 1. The molecule has 8 heteroatoms.